The Morgan fingerprint density at radius 3 is 2.32 bits per heavy atom. The van der Waals surface area contributed by atoms with E-state index in [0.29, 0.717) is 5.02 Å². The Morgan fingerprint density at radius 1 is 0.927 bits per heavy atom. The highest BCUT2D eigenvalue weighted by Crippen LogP contribution is 2.30. The summed E-state index contributed by atoms with van der Waals surface area (Å²) in [6.45, 7) is 1.68. The molecule has 0 aliphatic heterocycles. The van der Waals surface area contributed by atoms with Gasteiger partial charge in [0.25, 0.3) is 11.8 Å². The number of carboxylic acid groups (broad SMARTS) is 1. The number of carboxylic acids is 1. The SMILES string of the molecule is Cc1ccc(CNC(=O)c2cc(Cl)c(C(=O)NC(CNC(=O)NC3CCc4ccccc43)C(=O)O)c(Cl)c2)cc1Cl. The van der Waals surface area contributed by atoms with Gasteiger partial charge >= 0.3 is 12.0 Å². The lowest BCUT2D eigenvalue weighted by atomic mass is 10.1. The lowest BCUT2D eigenvalue weighted by Gasteiger charge is -2.19. The van der Waals surface area contributed by atoms with Crippen LogP contribution >= 0.6 is 34.8 Å². The number of halogens is 3. The maximum atomic E-state index is 12.9. The number of carbonyl (C=O) groups excluding carboxylic acids is 3. The number of rotatable bonds is 9. The first-order valence-corrected chi connectivity index (χ1v) is 13.8. The van der Waals surface area contributed by atoms with Crippen molar-refractivity contribution in [3.8, 4) is 0 Å². The van der Waals surface area contributed by atoms with E-state index >= 15 is 0 Å². The molecule has 4 amide bonds. The number of fused-ring (bicyclic) bond motifs is 1. The molecule has 0 bridgehead atoms. The number of benzene rings is 3. The normalized spacial score (nSPS) is 14.5. The molecule has 41 heavy (non-hydrogen) atoms. The highest BCUT2D eigenvalue weighted by molar-refractivity contribution is 6.40. The molecule has 214 valence electrons. The zero-order valence-corrected chi connectivity index (χ0v) is 24.2. The Balaban J connectivity index is 1.35. The van der Waals surface area contributed by atoms with E-state index in [1.54, 1.807) is 6.07 Å². The molecule has 3 aromatic carbocycles. The van der Waals surface area contributed by atoms with Gasteiger partial charge in [0.15, 0.2) is 0 Å². The van der Waals surface area contributed by atoms with E-state index < -0.39 is 29.9 Å². The van der Waals surface area contributed by atoms with Gasteiger partial charge in [-0.25, -0.2) is 9.59 Å². The number of aryl methyl sites for hydroxylation is 2. The van der Waals surface area contributed by atoms with Crippen LogP contribution in [-0.4, -0.2) is 41.5 Å². The van der Waals surface area contributed by atoms with Gasteiger partial charge in [0.1, 0.15) is 6.04 Å². The summed E-state index contributed by atoms with van der Waals surface area (Å²) in [6, 6.07) is 13.5. The summed E-state index contributed by atoms with van der Waals surface area (Å²) in [5.74, 6) is -2.73. The molecule has 12 heteroatoms. The first-order chi connectivity index (χ1) is 19.5. The third-order valence-electron chi connectivity index (χ3n) is 6.73. The van der Waals surface area contributed by atoms with E-state index in [0.717, 1.165) is 35.1 Å². The zero-order chi connectivity index (χ0) is 29.7. The van der Waals surface area contributed by atoms with E-state index in [2.05, 4.69) is 21.3 Å². The monoisotopic (exact) mass is 616 g/mol. The standard InChI is InChI=1S/C29H27Cl3N4O5/c1-15-6-7-16(10-20(15)30)13-33-26(37)18-11-21(31)25(22(32)12-18)27(38)35-24(28(39)40)14-34-29(41)36-23-9-8-17-4-2-3-5-19(17)23/h2-7,10-12,23-24H,8-9,13-14H2,1H3,(H,33,37)(H,35,38)(H,39,40)(H2,34,36,41). The van der Waals surface area contributed by atoms with Crippen LogP contribution in [0.1, 0.15) is 55.4 Å². The molecule has 0 spiro atoms. The van der Waals surface area contributed by atoms with Crippen LogP contribution in [0.3, 0.4) is 0 Å². The largest absolute Gasteiger partial charge is 0.480 e. The Hall–Kier alpha value is -3.79. The van der Waals surface area contributed by atoms with Gasteiger partial charge in [-0.2, -0.15) is 0 Å². The summed E-state index contributed by atoms with van der Waals surface area (Å²) >= 11 is 18.7. The molecular formula is C29H27Cl3N4O5. The topological polar surface area (TPSA) is 137 Å². The molecule has 4 rings (SSSR count). The fourth-order valence-electron chi connectivity index (χ4n) is 4.49. The second-order valence-corrected chi connectivity index (χ2v) is 10.8. The first kappa shape index (κ1) is 30.2. The van der Waals surface area contributed by atoms with Crippen LogP contribution in [-0.2, 0) is 17.8 Å². The molecule has 0 heterocycles. The van der Waals surface area contributed by atoms with Gasteiger partial charge in [-0.15, -0.1) is 0 Å². The Morgan fingerprint density at radius 2 is 1.63 bits per heavy atom. The molecule has 5 N–H and O–H groups in total. The summed E-state index contributed by atoms with van der Waals surface area (Å²) in [7, 11) is 0. The van der Waals surface area contributed by atoms with E-state index in [1.165, 1.54) is 12.1 Å². The van der Waals surface area contributed by atoms with Gasteiger partial charge in [-0.3, -0.25) is 9.59 Å². The minimum absolute atomic E-state index is 0.108. The second kappa shape index (κ2) is 13.2. The van der Waals surface area contributed by atoms with Crippen LogP contribution in [0.5, 0.6) is 0 Å². The van der Waals surface area contributed by atoms with E-state index in [9.17, 15) is 24.3 Å². The minimum atomic E-state index is -1.47. The molecule has 0 fully saturated rings. The summed E-state index contributed by atoms with van der Waals surface area (Å²) in [5.41, 5.74) is 3.78. The highest BCUT2D eigenvalue weighted by Gasteiger charge is 2.27. The molecule has 9 nitrogen and oxygen atoms in total. The smallest absolute Gasteiger partial charge is 0.328 e. The van der Waals surface area contributed by atoms with Gasteiger partial charge in [0, 0.05) is 17.1 Å². The molecular weight excluding hydrogens is 591 g/mol. The quantitative estimate of drug-likeness (QED) is 0.229. The molecule has 0 saturated heterocycles. The number of urea groups is 1. The lowest BCUT2D eigenvalue weighted by molar-refractivity contribution is -0.139. The number of aliphatic carboxylic acids is 1. The molecule has 0 aromatic heterocycles. The molecule has 2 atom stereocenters. The van der Waals surface area contributed by atoms with Crippen molar-refractivity contribution < 1.29 is 24.3 Å². The minimum Gasteiger partial charge on any atom is -0.480 e. The van der Waals surface area contributed by atoms with Crippen LogP contribution in [0.15, 0.2) is 54.6 Å². The van der Waals surface area contributed by atoms with Crippen LogP contribution in [0.25, 0.3) is 0 Å². The average molecular weight is 618 g/mol. The van der Waals surface area contributed by atoms with E-state index in [-0.39, 0.29) is 40.3 Å². The van der Waals surface area contributed by atoms with Crippen molar-refractivity contribution in [3.05, 3.63) is 103 Å². The lowest BCUT2D eigenvalue weighted by Crippen LogP contribution is -2.50. The average Bonchev–Trinajstić information content (AvgIpc) is 3.33. The van der Waals surface area contributed by atoms with Crippen LogP contribution in [0.4, 0.5) is 4.79 Å². The van der Waals surface area contributed by atoms with E-state index in [1.807, 2.05) is 43.3 Å². The second-order valence-electron chi connectivity index (χ2n) is 9.59. The fraction of sp³-hybridized carbons (Fsp3) is 0.241. The van der Waals surface area contributed by atoms with Crippen LogP contribution in [0.2, 0.25) is 15.1 Å². The number of hydrogen-bond acceptors (Lipinski definition) is 4. The molecule has 0 saturated carbocycles. The Kier molecular flexibility index (Phi) is 9.75. The number of carbonyl (C=O) groups is 4. The van der Waals surface area contributed by atoms with Crippen molar-refractivity contribution in [1.82, 2.24) is 21.3 Å². The molecule has 1 aliphatic rings. The Labute approximate surface area is 251 Å². The van der Waals surface area contributed by atoms with Crippen molar-refractivity contribution in [1.29, 1.82) is 0 Å². The van der Waals surface area contributed by atoms with Gasteiger partial charge in [-0.1, -0.05) is 71.2 Å². The molecule has 1 aliphatic carbocycles. The van der Waals surface area contributed by atoms with Crippen LogP contribution < -0.4 is 21.3 Å². The molecule has 0 radical (unpaired) electrons. The summed E-state index contributed by atoms with van der Waals surface area (Å²) in [5, 5.41) is 20.3. The summed E-state index contributed by atoms with van der Waals surface area (Å²) in [6.07, 6.45) is 1.57. The number of nitrogens with one attached hydrogen (secondary N) is 4. The van der Waals surface area contributed by atoms with Crippen molar-refractivity contribution >= 4 is 58.6 Å². The molecule has 2 unspecified atom stereocenters. The fourth-order valence-corrected chi connectivity index (χ4v) is 5.36. The summed E-state index contributed by atoms with van der Waals surface area (Å²) in [4.78, 5) is 49.9. The third-order valence-corrected chi connectivity index (χ3v) is 7.73. The van der Waals surface area contributed by atoms with Gasteiger partial charge in [-0.05, 0) is 60.2 Å². The van der Waals surface area contributed by atoms with Crippen molar-refractivity contribution in [2.75, 3.05) is 6.54 Å². The first-order valence-electron chi connectivity index (χ1n) is 12.7. The maximum absolute atomic E-state index is 12.9. The highest BCUT2D eigenvalue weighted by atomic mass is 35.5. The predicted molar refractivity (Wildman–Crippen MR) is 157 cm³/mol. The van der Waals surface area contributed by atoms with Crippen LogP contribution in [0, 0.1) is 6.92 Å². The Bertz CT molecular complexity index is 1490. The van der Waals surface area contributed by atoms with Gasteiger partial charge in [0.2, 0.25) is 0 Å². The summed E-state index contributed by atoms with van der Waals surface area (Å²) < 4.78 is 0. The predicted octanol–water partition coefficient (Wildman–Crippen LogP) is 5.05. The van der Waals surface area contributed by atoms with E-state index in [4.69, 9.17) is 34.8 Å². The van der Waals surface area contributed by atoms with Gasteiger partial charge in [0.05, 0.1) is 28.2 Å². The number of amides is 4. The zero-order valence-electron chi connectivity index (χ0n) is 21.9. The van der Waals surface area contributed by atoms with Crippen molar-refractivity contribution in [2.45, 2.75) is 38.4 Å². The molecule has 3 aromatic rings. The van der Waals surface area contributed by atoms with Crippen molar-refractivity contribution in [3.63, 3.8) is 0 Å². The third kappa shape index (κ3) is 7.49. The van der Waals surface area contributed by atoms with Gasteiger partial charge < -0.3 is 26.4 Å². The maximum Gasteiger partial charge on any atom is 0.328 e. The van der Waals surface area contributed by atoms with Crippen molar-refractivity contribution in [2.24, 2.45) is 0 Å². The number of hydrogen-bond donors (Lipinski definition) is 5.